The molecule has 0 spiro atoms. The molecule has 0 saturated carbocycles. The van der Waals surface area contributed by atoms with Gasteiger partial charge in [0.2, 0.25) is 0 Å². The lowest BCUT2D eigenvalue weighted by molar-refractivity contribution is -0.113. The van der Waals surface area contributed by atoms with Gasteiger partial charge >= 0.3 is 0 Å². The highest BCUT2D eigenvalue weighted by atomic mass is 16.1. The molecule has 1 heterocycles. The van der Waals surface area contributed by atoms with Gasteiger partial charge in [0.25, 0.3) is 0 Å². The van der Waals surface area contributed by atoms with Crippen LogP contribution in [0.3, 0.4) is 0 Å². The first kappa shape index (κ1) is 21.0. The monoisotopic (exact) mass is 415 g/mol. The maximum absolute atomic E-state index is 13.3. The Balaban J connectivity index is 1.71. The van der Waals surface area contributed by atoms with Crippen molar-refractivity contribution in [3.05, 3.63) is 118 Å². The van der Waals surface area contributed by atoms with Crippen molar-refractivity contribution >= 4 is 17.9 Å². The van der Waals surface area contributed by atoms with Gasteiger partial charge in [-0.25, -0.2) is 0 Å². The topological polar surface area (TPSA) is 67.9 Å². The van der Waals surface area contributed by atoms with Crippen LogP contribution in [0.1, 0.15) is 27.8 Å². The first-order chi connectivity index (χ1) is 15.6. The van der Waals surface area contributed by atoms with E-state index in [-0.39, 0.29) is 5.78 Å². The van der Waals surface area contributed by atoms with Gasteiger partial charge in [0.05, 0.1) is 23.3 Å². The quantitative estimate of drug-likeness (QED) is 0.564. The standard InChI is InChI=1S/C28H21N3O/c29-16-24-10-4-8-22(12-24)14-26-19-31(18-21-6-2-1-3-7-21)20-27(28(26)32)15-23-9-5-11-25(13-23)17-30/h1-15H,18-20H2/b26-14+,27-15+. The number of ketones is 1. The van der Waals surface area contributed by atoms with Crippen LogP contribution in [0.4, 0.5) is 0 Å². The summed E-state index contributed by atoms with van der Waals surface area (Å²) >= 11 is 0. The maximum Gasteiger partial charge on any atom is 0.187 e. The van der Waals surface area contributed by atoms with Crippen LogP contribution < -0.4 is 0 Å². The molecule has 4 rings (SSSR count). The van der Waals surface area contributed by atoms with Gasteiger partial charge < -0.3 is 0 Å². The predicted octanol–water partition coefficient (Wildman–Crippen LogP) is 4.98. The van der Waals surface area contributed by atoms with Gasteiger partial charge in [0, 0.05) is 30.8 Å². The minimum atomic E-state index is -0.000895. The van der Waals surface area contributed by atoms with Gasteiger partial charge in [-0.15, -0.1) is 0 Å². The summed E-state index contributed by atoms with van der Waals surface area (Å²) in [4.78, 5) is 15.6. The highest BCUT2D eigenvalue weighted by molar-refractivity contribution is 6.14. The Morgan fingerprint density at radius 2 is 1.28 bits per heavy atom. The van der Waals surface area contributed by atoms with Crippen LogP contribution in [-0.4, -0.2) is 23.8 Å². The molecular weight excluding hydrogens is 394 g/mol. The van der Waals surface area contributed by atoms with E-state index in [4.69, 9.17) is 0 Å². The number of piperidine rings is 1. The van der Waals surface area contributed by atoms with Crippen LogP contribution in [0.15, 0.2) is 90.0 Å². The number of nitrogens with zero attached hydrogens (tertiary/aromatic N) is 3. The number of hydrogen-bond donors (Lipinski definition) is 0. The number of hydrogen-bond acceptors (Lipinski definition) is 4. The van der Waals surface area contributed by atoms with Gasteiger partial charge in [-0.2, -0.15) is 10.5 Å². The second kappa shape index (κ2) is 9.71. The van der Waals surface area contributed by atoms with Crippen LogP contribution >= 0.6 is 0 Å². The zero-order valence-electron chi connectivity index (χ0n) is 17.5. The van der Waals surface area contributed by atoms with Gasteiger partial charge in [-0.05, 0) is 53.1 Å². The molecular formula is C28H21N3O. The van der Waals surface area contributed by atoms with E-state index >= 15 is 0 Å². The van der Waals surface area contributed by atoms with Crippen LogP contribution in [-0.2, 0) is 11.3 Å². The third-order valence-corrected chi connectivity index (χ3v) is 5.33. The first-order valence-electron chi connectivity index (χ1n) is 10.4. The Morgan fingerprint density at radius 3 is 1.78 bits per heavy atom. The minimum Gasteiger partial charge on any atom is -0.290 e. The zero-order valence-corrected chi connectivity index (χ0v) is 17.5. The van der Waals surface area contributed by atoms with E-state index in [1.54, 1.807) is 24.3 Å². The summed E-state index contributed by atoms with van der Waals surface area (Å²) in [5.41, 5.74) is 5.34. The molecule has 0 unspecified atom stereocenters. The Hall–Kier alpha value is -4.25. The molecule has 1 saturated heterocycles. The third-order valence-electron chi connectivity index (χ3n) is 5.33. The molecule has 0 N–H and O–H groups in total. The van der Waals surface area contributed by atoms with Crippen LogP contribution in [0, 0.1) is 22.7 Å². The molecule has 0 amide bonds. The molecule has 0 radical (unpaired) electrons. The molecule has 3 aromatic carbocycles. The third kappa shape index (κ3) is 5.08. The SMILES string of the molecule is N#Cc1cccc(/C=C2\CN(Cc3ccccc3)C/C(=C\c3cccc(C#N)c3)C2=O)c1. The van der Waals surface area contributed by atoms with Crippen LogP contribution in [0.5, 0.6) is 0 Å². The summed E-state index contributed by atoms with van der Waals surface area (Å²) < 4.78 is 0. The summed E-state index contributed by atoms with van der Waals surface area (Å²) in [6.45, 7) is 1.78. The van der Waals surface area contributed by atoms with Crippen molar-refractivity contribution < 1.29 is 4.79 Å². The molecule has 0 bridgehead atoms. The van der Waals surface area contributed by atoms with E-state index in [0.717, 1.165) is 17.7 Å². The van der Waals surface area contributed by atoms with Crippen molar-refractivity contribution in [2.45, 2.75) is 6.54 Å². The molecule has 1 fully saturated rings. The largest absolute Gasteiger partial charge is 0.290 e. The average molecular weight is 415 g/mol. The van der Waals surface area contributed by atoms with Crippen molar-refractivity contribution in [1.82, 2.24) is 4.90 Å². The van der Waals surface area contributed by atoms with E-state index in [0.29, 0.717) is 35.4 Å². The number of nitriles is 2. The second-order valence-corrected chi connectivity index (χ2v) is 7.77. The fourth-order valence-corrected chi connectivity index (χ4v) is 3.86. The van der Waals surface area contributed by atoms with Crippen molar-refractivity contribution in [3.63, 3.8) is 0 Å². The molecule has 0 aliphatic carbocycles. The highest BCUT2D eigenvalue weighted by Crippen LogP contribution is 2.24. The molecule has 1 aliphatic rings. The Bertz CT molecular complexity index is 1210. The highest BCUT2D eigenvalue weighted by Gasteiger charge is 2.26. The molecule has 3 aromatic rings. The molecule has 4 heteroatoms. The van der Waals surface area contributed by atoms with Crippen LogP contribution in [0.25, 0.3) is 12.2 Å². The van der Waals surface area contributed by atoms with Gasteiger partial charge in [-0.1, -0.05) is 54.6 Å². The summed E-state index contributed by atoms with van der Waals surface area (Å²) in [5, 5.41) is 18.4. The van der Waals surface area contributed by atoms with E-state index in [2.05, 4.69) is 29.2 Å². The molecule has 154 valence electrons. The second-order valence-electron chi connectivity index (χ2n) is 7.77. The molecule has 0 atom stereocenters. The molecule has 4 nitrogen and oxygen atoms in total. The average Bonchev–Trinajstić information content (AvgIpc) is 2.83. The normalized spacial score (nSPS) is 16.6. The summed E-state index contributed by atoms with van der Waals surface area (Å²) in [5.74, 6) is -0.000895. The number of carbonyl (C=O) groups excluding carboxylic acids is 1. The zero-order chi connectivity index (χ0) is 22.3. The lowest BCUT2D eigenvalue weighted by Gasteiger charge is -2.30. The Kier molecular flexibility index (Phi) is 6.37. The van der Waals surface area contributed by atoms with Gasteiger partial charge in [0.1, 0.15) is 0 Å². The van der Waals surface area contributed by atoms with E-state index in [9.17, 15) is 15.3 Å². The number of benzene rings is 3. The predicted molar refractivity (Wildman–Crippen MR) is 125 cm³/mol. The summed E-state index contributed by atoms with van der Waals surface area (Å²) in [6.07, 6.45) is 3.75. The Labute approximate surface area is 188 Å². The number of carbonyl (C=O) groups is 1. The minimum absolute atomic E-state index is 0.000895. The van der Waals surface area contributed by atoms with Gasteiger partial charge in [-0.3, -0.25) is 9.69 Å². The number of rotatable bonds is 4. The van der Waals surface area contributed by atoms with E-state index < -0.39 is 0 Å². The maximum atomic E-state index is 13.3. The summed E-state index contributed by atoms with van der Waals surface area (Å²) in [7, 11) is 0. The Morgan fingerprint density at radius 1 is 0.750 bits per heavy atom. The smallest absolute Gasteiger partial charge is 0.187 e. The van der Waals surface area contributed by atoms with Gasteiger partial charge in [0.15, 0.2) is 5.78 Å². The lowest BCUT2D eigenvalue weighted by atomic mass is 9.93. The molecule has 1 aliphatic heterocycles. The van der Waals surface area contributed by atoms with E-state index in [1.165, 1.54) is 5.56 Å². The van der Waals surface area contributed by atoms with E-state index in [1.807, 2.05) is 54.6 Å². The van der Waals surface area contributed by atoms with Crippen molar-refractivity contribution in [2.24, 2.45) is 0 Å². The fourth-order valence-electron chi connectivity index (χ4n) is 3.86. The van der Waals surface area contributed by atoms with Crippen molar-refractivity contribution in [3.8, 4) is 12.1 Å². The molecule has 32 heavy (non-hydrogen) atoms. The first-order valence-corrected chi connectivity index (χ1v) is 10.4. The fraction of sp³-hybridized carbons (Fsp3) is 0.107. The van der Waals surface area contributed by atoms with Crippen LogP contribution in [0.2, 0.25) is 0 Å². The molecule has 0 aromatic heterocycles. The lowest BCUT2D eigenvalue weighted by Crippen LogP contribution is -2.37. The van der Waals surface area contributed by atoms with Crippen molar-refractivity contribution in [2.75, 3.05) is 13.1 Å². The van der Waals surface area contributed by atoms with Crippen molar-refractivity contribution in [1.29, 1.82) is 10.5 Å². The summed E-state index contributed by atoms with van der Waals surface area (Å²) in [6, 6.07) is 29.0. The number of likely N-dealkylation sites (tertiary alicyclic amines) is 1. The number of Topliss-reactive ketones (excluding diaryl/α,β-unsaturated/α-hetero) is 1.